The third-order valence-corrected chi connectivity index (χ3v) is 6.76. The van der Waals surface area contributed by atoms with Gasteiger partial charge in [-0.2, -0.15) is 0 Å². The van der Waals surface area contributed by atoms with Gasteiger partial charge < -0.3 is 9.80 Å². The molecule has 0 aliphatic carbocycles. The van der Waals surface area contributed by atoms with E-state index in [0.29, 0.717) is 5.92 Å². The maximum Gasteiger partial charge on any atom is 0.0215 e. The number of nitrogens with zero attached hydrogens (tertiary/aromatic N) is 2. The number of hydrogen-bond donors (Lipinski definition) is 0. The van der Waals surface area contributed by atoms with E-state index in [1.54, 1.807) is 0 Å². The molecule has 1 heterocycles. The van der Waals surface area contributed by atoms with Crippen molar-refractivity contribution in [3.05, 3.63) is 70.8 Å². The predicted octanol–water partition coefficient (Wildman–Crippen LogP) is 6.30. The minimum absolute atomic E-state index is 0.0252. The molecule has 2 aromatic rings. The molecule has 1 saturated heterocycles. The lowest BCUT2D eigenvalue weighted by Gasteiger charge is -2.43. The first-order chi connectivity index (χ1) is 14.4. The average molecular weight is 409 g/mol. The van der Waals surface area contributed by atoms with Crippen LogP contribution in [0.2, 0.25) is 0 Å². The van der Waals surface area contributed by atoms with Crippen LogP contribution in [-0.4, -0.2) is 49.6 Å². The zero-order chi connectivity index (χ0) is 22.1. The van der Waals surface area contributed by atoms with E-state index in [-0.39, 0.29) is 5.41 Å². The fourth-order valence-electron chi connectivity index (χ4n) is 4.83. The van der Waals surface area contributed by atoms with Crippen molar-refractivity contribution in [2.45, 2.75) is 59.8 Å². The van der Waals surface area contributed by atoms with E-state index >= 15 is 0 Å². The van der Waals surface area contributed by atoms with E-state index < -0.39 is 0 Å². The Morgan fingerprint density at radius 1 is 0.867 bits per heavy atom. The molecule has 0 amide bonds. The van der Waals surface area contributed by atoms with E-state index in [1.807, 2.05) is 13.8 Å². The van der Waals surface area contributed by atoms with Crippen LogP contribution in [0.25, 0.3) is 0 Å². The van der Waals surface area contributed by atoms with Crippen LogP contribution < -0.4 is 0 Å². The Kier molecular flexibility index (Phi) is 9.58. The highest BCUT2D eigenvalue weighted by Crippen LogP contribution is 2.42. The molecule has 1 fully saturated rings. The van der Waals surface area contributed by atoms with Gasteiger partial charge in [0.15, 0.2) is 0 Å². The molecular formula is C28H44N2. The Balaban J connectivity index is 0.00000155. The zero-order valence-corrected chi connectivity index (χ0v) is 20.5. The Morgan fingerprint density at radius 2 is 1.37 bits per heavy atom. The van der Waals surface area contributed by atoms with Crippen molar-refractivity contribution in [3.63, 3.8) is 0 Å². The van der Waals surface area contributed by atoms with Crippen molar-refractivity contribution in [1.82, 2.24) is 9.80 Å². The molecule has 0 spiro atoms. The Labute approximate surface area is 186 Å². The molecule has 30 heavy (non-hydrogen) atoms. The Hall–Kier alpha value is -1.64. The third kappa shape index (κ3) is 5.95. The average Bonchev–Trinajstić information content (AvgIpc) is 2.76. The number of hydrogen-bond acceptors (Lipinski definition) is 2. The maximum absolute atomic E-state index is 2.70. The van der Waals surface area contributed by atoms with Gasteiger partial charge >= 0.3 is 0 Å². The van der Waals surface area contributed by atoms with Crippen molar-refractivity contribution in [1.29, 1.82) is 0 Å². The Bertz CT molecular complexity index is 713. The van der Waals surface area contributed by atoms with E-state index in [9.17, 15) is 0 Å². The van der Waals surface area contributed by atoms with Crippen LogP contribution in [0.1, 0.15) is 62.8 Å². The zero-order valence-electron chi connectivity index (χ0n) is 20.5. The van der Waals surface area contributed by atoms with Crippen molar-refractivity contribution >= 4 is 0 Å². The molecule has 0 aromatic heterocycles. The minimum Gasteiger partial charge on any atom is -0.304 e. The van der Waals surface area contributed by atoms with Gasteiger partial charge in [-0.15, -0.1) is 0 Å². The van der Waals surface area contributed by atoms with Gasteiger partial charge in [0.05, 0.1) is 0 Å². The summed E-state index contributed by atoms with van der Waals surface area (Å²) in [6, 6.07) is 18.4. The van der Waals surface area contributed by atoms with E-state index in [0.717, 1.165) is 0 Å². The van der Waals surface area contributed by atoms with Gasteiger partial charge in [-0.3, -0.25) is 0 Å². The summed E-state index contributed by atoms with van der Waals surface area (Å²) in [7, 11) is 2.24. The van der Waals surface area contributed by atoms with Gasteiger partial charge in [-0.05, 0) is 44.4 Å². The molecule has 1 atom stereocenters. The van der Waals surface area contributed by atoms with Gasteiger partial charge in [-0.25, -0.2) is 0 Å². The maximum atomic E-state index is 2.70. The summed E-state index contributed by atoms with van der Waals surface area (Å²) in [6.45, 7) is 19.2. The van der Waals surface area contributed by atoms with Crippen molar-refractivity contribution in [2.75, 3.05) is 39.8 Å². The topological polar surface area (TPSA) is 6.48 Å². The molecule has 0 saturated carbocycles. The van der Waals surface area contributed by atoms with Gasteiger partial charge in [0, 0.05) is 38.1 Å². The lowest BCUT2D eigenvalue weighted by atomic mass is 9.65. The molecule has 3 rings (SSSR count). The molecule has 0 bridgehead atoms. The molecule has 0 N–H and O–H groups in total. The summed E-state index contributed by atoms with van der Waals surface area (Å²) < 4.78 is 0. The Morgan fingerprint density at radius 3 is 1.80 bits per heavy atom. The summed E-state index contributed by atoms with van der Waals surface area (Å²) >= 11 is 0. The molecule has 166 valence electrons. The van der Waals surface area contributed by atoms with Crippen LogP contribution >= 0.6 is 0 Å². The molecule has 2 heteroatoms. The highest BCUT2D eigenvalue weighted by Gasteiger charge is 2.38. The highest BCUT2D eigenvalue weighted by atomic mass is 15.2. The third-order valence-electron chi connectivity index (χ3n) is 6.76. The number of aryl methyl sites for hydroxylation is 2. The summed E-state index contributed by atoms with van der Waals surface area (Å²) in [6.07, 6.45) is 2.48. The SMILES string of the molecule is CC.CCCC(CN1CCN(C)CC1)C(C)(c1cccc(C)c1)c1cccc(C)c1. The fourth-order valence-corrected chi connectivity index (χ4v) is 4.83. The number of rotatable bonds is 7. The lowest BCUT2D eigenvalue weighted by molar-refractivity contribution is 0.117. The second-order valence-electron chi connectivity index (χ2n) is 9.03. The first kappa shape index (κ1) is 24.6. The van der Waals surface area contributed by atoms with Gasteiger partial charge in [0.25, 0.3) is 0 Å². The lowest BCUT2D eigenvalue weighted by Crippen LogP contribution is -2.49. The van der Waals surface area contributed by atoms with Crippen LogP contribution in [-0.2, 0) is 5.41 Å². The summed E-state index contributed by atoms with van der Waals surface area (Å²) in [5.74, 6) is 0.601. The molecule has 2 nitrogen and oxygen atoms in total. The molecule has 0 radical (unpaired) electrons. The molecular weight excluding hydrogens is 364 g/mol. The predicted molar refractivity (Wildman–Crippen MR) is 132 cm³/mol. The number of piperazine rings is 1. The van der Waals surface area contributed by atoms with Gasteiger partial charge in [-0.1, -0.05) is 93.8 Å². The minimum atomic E-state index is 0.0252. The molecule has 2 aromatic carbocycles. The first-order valence-corrected chi connectivity index (χ1v) is 12.0. The van der Waals surface area contributed by atoms with Crippen LogP contribution in [0.15, 0.2) is 48.5 Å². The number of likely N-dealkylation sites (N-methyl/N-ethyl adjacent to an activating group) is 1. The van der Waals surface area contributed by atoms with E-state index in [4.69, 9.17) is 0 Å². The summed E-state index contributed by atoms with van der Waals surface area (Å²) in [4.78, 5) is 5.15. The largest absolute Gasteiger partial charge is 0.304 e. The van der Waals surface area contributed by atoms with E-state index in [1.165, 1.54) is 67.8 Å². The molecule has 1 aliphatic rings. The smallest absolute Gasteiger partial charge is 0.0215 e. The molecule has 1 unspecified atom stereocenters. The highest BCUT2D eigenvalue weighted by molar-refractivity contribution is 5.42. The summed E-state index contributed by atoms with van der Waals surface area (Å²) in [5.41, 5.74) is 5.66. The van der Waals surface area contributed by atoms with Crippen LogP contribution in [0, 0.1) is 19.8 Å². The van der Waals surface area contributed by atoms with Crippen LogP contribution in [0.3, 0.4) is 0 Å². The first-order valence-electron chi connectivity index (χ1n) is 12.0. The van der Waals surface area contributed by atoms with Gasteiger partial charge in [0.2, 0.25) is 0 Å². The summed E-state index contributed by atoms with van der Waals surface area (Å²) in [5, 5.41) is 0. The second-order valence-corrected chi connectivity index (χ2v) is 9.03. The van der Waals surface area contributed by atoms with Crippen molar-refractivity contribution in [2.24, 2.45) is 5.92 Å². The number of benzene rings is 2. The standard InChI is InChI=1S/C26H38N2.C2H6/c1-6-9-25(20-28-16-14-27(5)15-17-28)26(4,23-12-7-10-21(2)18-23)24-13-8-11-22(3)19-24;1-2/h7-8,10-13,18-19,25H,6,9,14-17,20H2,1-5H3;1-2H3. The second kappa shape index (κ2) is 11.7. The monoisotopic (exact) mass is 408 g/mol. The fraction of sp³-hybridized carbons (Fsp3) is 0.571. The van der Waals surface area contributed by atoms with Crippen LogP contribution in [0.5, 0.6) is 0 Å². The molecule has 1 aliphatic heterocycles. The quantitative estimate of drug-likeness (QED) is 0.530. The van der Waals surface area contributed by atoms with Crippen molar-refractivity contribution in [3.8, 4) is 0 Å². The van der Waals surface area contributed by atoms with Crippen LogP contribution in [0.4, 0.5) is 0 Å². The van der Waals surface area contributed by atoms with Gasteiger partial charge in [0.1, 0.15) is 0 Å². The normalized spacial score (nSPS) is 16.6. The van der Waals surface area contributed by atoms with Crippen molar-refractivity contribution < 1.29 is 0 Å². The van der Waals surface area contributed by atoms with E-state index in [2.05, 4.69) is 93.1 Å².